The van der Waals surface area contributed by atoms with Gasteiger partial charge in [-0.25, -0.2) is 12.8 Å². The molecule has 0 bridgehead atoms. The van der Waals surface area contributed by atoms with Crippen molar-refractivity contribution in [2.24, 2.45) is 0 Å². The van der Waals surface area contributed by atoms with Crippen molar-refractivity contribution in [1.29, 1.82) is 0 Å². The van der Waals surface area contributed by atoms with Crippen LogP contribution in [0.5, 0.6) is 0 Å². The first kappa shape index (κ1) is 21.2. The van der Waals surface area contributed by atoms with Crippen LogP contribution < -0.4 is 0 Å². The third-order valence-corrected chi connectivity index (χ3v) is 7.09. The predicted molar refractivity (Wildman–Crippen MR) is 101 cm³/mol. The minimum atomic E-state index is -3.91. The van der Waals surface area contributed by atoms with Crippen molar-refractivity contribution in [3.8, 4) is 0 Å². The molecule has 1 aromatic rings. The Hall–Kier alpha value is -1.55. The van der Waals surface area contributed by atoms with E-state index in [9.17, 15) is 17.6 Å². The van der Waals surface area contributed by atoms with Crippen LogP contribution in [0.3, 0.4) is 0 Å². The van der Waals surface area contributed by atoms with Crippen molar-refractivity contribution in [3.05, 3.63) is 30.1 Å². The highest BCUT2D eigenvalue weighted by molar-refractivity contribution is 7.89. The lowest BCUT2D eigenvalue weighted by atomic mass is 10.1. The molecule has 2 atom stereocenters. The molecular weight excluding hydrogens is 387 g/mol. The molecule has 2 aliphatic rings. The third kappa shape index (κ3) is 4.89. The van der Waals surface area contributed by atoms with Gasteiger partial charge in [0, 0.05) is 32.8 Å². The number of piperazine rings is 1. The molecule has 0 aromatic heterocycles. The number of ether oxygens (including phenoxy) is 2. The average Bonchev–Trinajstić information content (AvgIpc) is 2.72. The Balaban J connectivity index is 1.51. The van der Waals surface area contributed by atoms with E-state index < -0.39 is 21.9 Å². The molecule has 0 radical (unpaired) electrons. The molecule has 3 rings (SSSR count). The third-order valence-electron chi connectivity index (χ3n) is 5.16. The van der Waals surface area contributed by atoms with Crippen LogP contribution in [0.25, 0.3) is 0 Å². The minimum absolute atomic E-state index is 0.0340. The summed E-state index contributed by atoms with van der Waals surface area (Å²) in [6, 6.07) is 5.32. The fraction of sp³-hybridized carbons (Fsp3) is 0.632. The maximum absolute atomic E-state index is 13.9. The first-order valence-electron chi connectivity index (χ1n) is 9.66. The van der Waals surface area contributed by atoms with Crippen molar-refractivity contribution in [2.75, 3.05) is 39.4 Å². The summed E-state index contributed by atoms with van der Waals surface area (Å²) in [7, 11) is -3.91. The zero-order valence-electron chi connectivity index (χ0n) is 16.0. The summed E-state index contributed by atoms with van der Waals surface area (Å²) in [6.45, 7) is 3.57. The van der Waals surface area contributed by atoms with Crippen molar-refractivity contribution in [1.82, 2.24) is 9.21 Å². The van der Waals surface area contributed by atoms with E-state index in [0.29, 0.717) is 6.61 Å². The Kier molecular flexibility index (Phi) is 7.03. The second-order valence-corrected chi connectivity index (χ2v) is 9.03. The quantitative estimate of drug-likeness (QED) is 0.707. The minimum Gasteiger partial charge on any atom is -0.376 e. The Labute approximate surface area is 165 Å². The first-order chi connectivity index (χ1) is 13.4. The van der Waals surface area contributed by atoms with Gasteiger partial charge >= 0.3 is 0 Å². The summed E-state index contributed by atoms with van der Waals surface area (Å²) in [4.78, 5) is 13.8. The normalized spacial score (nSPS) is 22.8. The monoisotopic (exact) mass is 414 g/mol. The lowest BCUT2D eigenvalue weighted by Crippen LogP contribution is -2.53. The Bertz CT molecular complexity index is 774. The van der Waals surface area contributed by atoms with E-state index in [1.165, 1.54) is 22.5 Å². The lowest BCUT2D eigenvalue weighted by molar-refractivity contribution is -0.147. The molecule has 0 aliphatic carbocycles. The van der Waals surface area contributed by atoms with Crippen molar-refractivity contribution in [2.45, 2.75) is 43.3 Å². The second-order valence-electron chi connectivity index (χ2n) is 7.12. The Morgan fingerprint density at radius 2 is 1.96 bits per heavy atom. The molecule has 2 saturated heterocycles. The van der Waals surface area contributed by atoms with E-state index in [0.717, 1.165) is 31.9 Å². The van der Waals surface area contributed by atoms with Crippen LogP contribution in [0.15, 0.2) is 29.2 Å². The van der Waals surface area contributed by atoms with E-state index in [1.807, 2.05) is 0 Å². The number of carbonyl (C=O) groups excluding carboxylic acids is 1. The number of amides is 1. The summed E-state index contributed by atoms with van der Waals surface area (Å²) in [5, 5.41) is 0. The van der Waals surface area contributed by atoms with E-state index in [1.54, 1.807) is 11.8 Å². The van der Waals surface area contributed by atoms with Crippen LogP contribution in [0.2, 0.25) is 0 Å². The molecular formula is C19H27FN2O5S. The summed E-state index contributed by atoms with van der Waals surface area (Å²) >= 11 is 0. The molecule has 1 amide bonds. The van der Waals surface area contributed by atoms with Gasteiger partial charge in [-0.1, -0.05) is 12.1 Å². The first-order valence-corrected chi connectivity index (χ1v) is 11.1. The molecule has 2 heterocycles. The van der Waals surface area contributed by atoms with Gasteiger partial charge in [-0.3, -0.25) is 4.79 Å². The van der Waals surface area contributed by atoms with Gasteiger partial charge in [0.25, 0.3) is 5.91 Å². The van der Waals surface area contributed by atoms with E-state index in [4.69, 9.17) is 9.47 Å². The molecule has 28 heavy (non-hydrogen) atoms. The largest absolute Gasteiger partial charge is 0.376 e. The SMILES string of the molecule is C[C@H](OC[C@H]1CCCCO1)C(=O)N1CCN(S(=O)(=O)c2ccccc2F)CC1. The van der Waals surface area contributed by atoms with Crippen molar-refractivity contribution < 1.29 is 27.1 Å². The van der Waals surface area contributed by atoms with Crippen LogP contribution in [0, 0.1) is 5.82 Å². The molecule has 0 saturated carbocycles. The Morgan fingerprint density at radius 3 is 2.61 bits per heavy atom. The molecule has 0 N–H and O–H groups in total. The predicted octanol–water partition coefficient (Wildman–Crippen LogP) is 1.63. The van der Waals surface area contributed by atoms with Gasteiger partial charge in [-0.05, 0) is 38.3 Å². The number of halogens is 1. The van der Waals surface area contributed by atoms with Gasteiger partial charge < -0.3 is 14.4 Å². The van der Waals surface area contributed by atoms with Gasteiger partial charge in [0.05, 0.1) is 12.7 Å². The molecule has 1 aromatic carbocycles. The van der Waals surface area contributed by atoms with Crippen LogP contribution in [0.4, 0.5) is 4.39 Å². The zero-order chi connectivity index (χ0) is 20.1. The highest BCUT2D eigenvalue weighted by Crippen LogP contribution is 2.21. The number of nitrogens with zero attached hydrogens (tertiary/aromatic N) is 2. The van der Waals surface area contributed by atoms with Gasteiger partial charge in [-0.15, -0.1) is 0 Å². The number of hydrogen-bond donors (Lipinski definition) is 0. The molecule has 2 fully saturated rings. The highest BCUT2D eigenvalue weighted by atomic mass is 32.2. The second kappa shape index (κ2) is 9.30. The summed E-state index contributed by atoms with van der Waals surface area (Å²) in [6.07, 6.45) is 2.53. The highest BCUT2D eigenvalue weighted by Gasteiger charge is 2.33. The maximum Gasteiger partial charge on any atom is 0.251 e. The Morgan fingerprint density at radius 1 is 1.25 bits per heavy atom. The standard InChI is InChI=1S/C19H27FN2O5S/c1-15(27-14-16-6-4-5-13-26-16)19(23)21-9-11-22(12-10-21)28(24,25)18-8-3-2-7-17(18)20/h2-3,7-8,15-16H,4-6,9-14H2,1H3/t15-,16+/m0/s1. The van der Waals surface area contributed by atoms with Crippen LogP contribution in [-0.2, 0) is 24.3 Å². The maximum atomic E-state index is 13.9. The molecule has 0 unspecified atom stereocenters. The summed E-state index contributed by atoms with van der Waals surface area (Å²) in [5.41, 5.74) is 0. The van der Waals surface area contributed by atoms with Gasteiger partial charge in [0.1, 0.15) is 16.8 Å². The van der Waals surface area contributed by atoms with Crippen LogP contribution >= 0.6 is 0 Å². The number of rotatable bonds is 6. The summed E-state index contributed by atoms with van der Waals surface area (Å²) in [5.74, 6) is -0.938. The van der Waals surface area contributed by atoms with Gasteiger partial charge in [-0.2, -0.15) is 4.31 Å². The fourth-order valence-corrected chi connectivity index (χ4v) is 4.95. The van der Waals surface area contributed by atoms with Crippen LogP contribution in [-0.4, -0.2) is 75.1 Å². The summed E-state index contributed by atoms with van der Waals surface area (Å²) < 4.78 is 51.7. The molecule has 0 spiro atoms. The topological polar surface area (TPSA) is 76.2 Å². The zero-order valence-corrected chi connectivity index (χ0v) is 16.9. The van der Waals surface area contributed by atoms with Crippen molar-refractivity contribution >= 4 is 15.9 Å². The van der Waals surface area contributed by atoms with E-state index in [2.05, 4.69) is 0 Å². The molecule has 156 valence electrons. The number of carbonyl (C=O) groups is 1. The lowest BCUT2D eigenvalue weighted by Gasteiger charge is -2.35. The van der Waals surface area contributed by atoms with Crippen LogP contribution in [0.1, 0.15) is 26.2 Å². The number of sulfonamides is 1. The van der Waals surface area contributed by atoms with E-state index >= 15 is 0 Å². The molecule has 7 nitrogen and oxygen atoms in total. The number of benzene rings is 1. The van der Waals surface area contributed by atoms with Gasteiger partial charge in [0.2, 0.25) is 10.0 Å². The van der Waals surface area contributed by atoms with E-state index in [-0.39, 0.29) is 43.1 Å². The average molecular weight is 414 g/mol. The molecule has 2 aliphatic heterocycles. The molecule has 9 heteroatoms. The smallest absolute Gasteiger partial charge is 0.251 e. The number of hydrogen-bond acceptors (Lipinski definition) is 5. The van der Waals surface area contributed by atoms with Crippen molar-refractivity contribution in [3.63, 3.8) is 0 Å². The fourth-order valence-electron chi connectivity index (χ4n) is 3.46. The van der Waals surface area contributed by atoms with Gasteiger partial charge in [0.15, 0.2) is 0 Å².